The molecule has 5 heteroatoms. The van der Waals surface area contributed by atoms with Crippen LogP contribution in [0.2, 0.25) is 0 Å². The van der Waals surface area contributed by atoms with Crippen LogP contribution in [-0.4, -0.2) is 17.8 Å². The van der Waals surface area contributed by atoms with E-state index in [9.17, 15) is 13.2 Å². The molecule has 0 aliphatic rings. The standard InChI is InChI=1S/C12H16F3NO/c1-8(7-17)16-9(2)10-5-3-4-6-11(10)12(13,14)15/h3-6,8-9,16-17H,7H2,1-2H3. The molecule has 2 nitrogen and oxygen atoms in total. The summed E-state index contributed by atoms with van der Waals surface area (Å²) in [6.45, 7) is 3.25. The van der Waals surface area contributed by atoms with E-state index < -0.39 is 17.8 Å². The van der Waals surface area contributed by atoms with Crippen LogP contribution in [-0.2, 0) is 6.18 Å². The van der Waals surface area contributed by atoms with Gasteiger partial charge in [-0.2, -0.15) is 13.2 Å². The molecular formula is C12H16F3NO. The molecule has 0 bridgehead atoms. The van der Waals surface area contributed by atoms with Gasteiger partial charge in [0.05, 0.1) is 12.2 Å². The number of rotatable bonds is 4. The quantitative estimate of drug-likeness (QED) is 0.857. The largest absolute Gasteiger partial charge is 0.416 e. The lowest BCUT2D eigenvalue weighted by atomic mass is 10.0. The van der Waals surface area contributed by atoms with Crippen molar-refractivity contribution in [2.24, 2.45) is 0 Å². The maximum atomic E-state index is 12.8. The van der Waals surface area contributed by atoms with E-state index in [2.05, 4.69) is 5.32 Å². The third kappa shape index (κ3) is 3.71. The summed E-state index contributed by atoms with van der Waals surface area (Å²) < 4.78 is 38.3. The van der Waals surface area contributed by atoms with E-state index in [1.807, 2.05) is 0 Å². The predicted molar refractivity (Wildman–Crippen MR) is 59.5 cm³/mol. The smallest absolute Gasteiger partial charge is 0.395 e. The second kappa shape index (κ2) is 5.51. The molecule has 2 atom stereocenters. The summed E-state index contributed by atoms with van der Waals surface area (Å²) in [6.07, 6.45) is -4.35. The molecule has 0 aliphatic carbocycles. The number of benzene rings is 1. The van der Waals surface area contributed by atoms with Gasteiger partial charge >= 0.3 is 6.18 Å². The number of aliphatic hydroxyl groups excluding tert-OH is 1. The highest BCUT2D eigenvalue weighted by molar-refractivity contribution is 5.32. The Bertz CT molecular complexity index is 365. The fourth-order valence-electron chi connectivity index (χ4n) is 1.70. The summed E-state index contributed by atoms with van der Waals surface area (Å²) >= 11 is 0. The first-order valence-electron chi connectivity index (χ1n) is 5.39. The third-order valence-corrected chi connectivity index (χ3v) is 2.54. The van der Waals surface area contributed by atoms with Crippen molar-refractivity contribution in [2.75, 3.05) is 6.61 Å². The van der Waals surface area contributed by atoms with Gasteiger partial charge in [0, 0.05) is 12.1 Å². The predicted octanol–water partition coefficient (Wildman–Crippen LogP) is 2.74. The Morgan fingerprint density at radius 3 is 2.35 bits per heavy atom. The van der Waals surface area contributed by atoms with E-state index in [-0.39, 0.29) is 18.2 Å². The summed E-state index contributed by atoms with van der Waals surface area (Å²) in [7, 11) is 0. The van der Waals surface area contributed by atoms with Crippen LogP contribution in [0, 0.1) is 0 Å². The summed E-state index contributed by atoms with van der Waals surface area (Å²) in [6, 6.07) is 4.75. The van der Waals surface area contributed by atoms with Gasteiger partial charge in [-0.15, -0.1) is 0 Å². The van der Waals surface area contributed by atoms with Crippen LogP contribution < -0.4 is 5.32 Å². The van der Waals surface area contributed by atoms with Crippen LogP contribution in [0.1, 0.15) is 31.0 Å². The van der Waals surface area contributed by atoms with Gasteiger partial charge in [-0.05, 0) is 25.5 Å². The number of hydrogen-bond acceptors (Lipinski definition) is 2. The summed E-state index contributed by atoms with van der Waals surface area (Å²) in [4.78, 5) is 0. The van der Waals surface area contributed by atoms with Crippen molar-refractivity contribution in [3.63, 3.8) is 0 Å². The molecule has 0 spiro atoms. The highest BCUT2D eigenvalue weighted by Crippen LogP contribution is 2.34. The van der Waals surface area contributed by atoms with Crippen molar-refractivity contribution >= 4 is 0 Å². The SMILES string of the molecule is CC(CO)NC(C)c1ccccc1C(F)(F)F. The lowest BCUT2D eigenvalue weighted by molar-refractivity contribution is -0.138. The van der Waals surface area contributed by atoms with Gasteiger partial charge in [0.15, 0.2) is 0 Å². The Kier molecular flexibility index (Phi) is 4.54. The Morgan fingerprint density at radius 1 is 1.24 bits per heavy atom. The van der Waals surface area contributed by atoms with E-state index in [0.717, 1.165) is 6.07 Å². The Morgan fingerprint density at radius 2 is 1.82 bits per heavy atom. The zero-order chi connectivity index (χ0) is 13.1. The van der Waals surface area contributed by atoms with E-state index in [4.69, 9.17) is 5.11 Å². The number of aliphatic hydroxyl groups is 1. The molecule has 2 unspecified atom stereocenters. The van der Waals surface area contributed by atoms with Crippen molar-refractivity contribution in [1.82, 2.24) is 5.32 Å². The average molecular weight is 247 g/mol. The van der Waals surface area contributed by atoms with Gasteiger partial charge < -0.3 is 10.4 Å². The third-order valence-electron chi connectivity index (χ3n) is 2.54. The molecule has 1 aromatic rings. The van der Waals surface area contributed by atoms with Crippen LogP contribution in [0.5, 0.6) is 0 Å². The van der Waals surface area contributed by atoms with E-state index in [1.165, 1.54) is 12.1 Å². The molecule has 0 saturated carbocycles. The molecule has 0 aromatic heterocycles. The van der Waals surface area contributed by atoms with Crippen LogP contribution in [0.3, 0.4) is 0 Å². The second-order valence-corrected chi connectivity index (χ2v) is 4.06. The van der Waals surface area contributed by atoms with Crippen LogP contribution in [0.15, 0.2) is 24.3 Å². The minimum Gasteiger partial charge on any atom is -0.395 e. The maximum Gasteiger partial charge on any atom is 0.416 e. The first kappa shape index (κ1) is 14.0. The van der Waals surface area contributed by atoms with E-state index >= 15 is 0 Å². The first-order chi connectivity index (χ1) is 7.86. The van der Waals surface area contributed by atoms with Crippen molar-refractivity contribution < 1.29 is 18.3 Å². The Balaban J connectivity index is 2.97. The average Bonchev–Trinajstić information content (AvgIpc) is 2.27. The monoisotopic (exact) mass is 247 g/mol. The van der Waals surface area contributed by atoms with Crippen LogP contribution in [0.25, 0.3) is 0 Å². The highest BCUT2D eigenvalue weighted by atomic mass is 19.4. The molecule has 0 fully saturated rings. The molecular weight excluding hydrogens is 231 g/mol. The maximum absolute atomic E-state index is 12.8. The van der Waals surface area contributed by atoms with Crippen LogP contribution >= 0.6 is 0 Å². The van der Waals surface area contributed by atoms with Gasteiger partial charge in [0.1, 0.15) is 0 Å². The molecule has 96 valence electrons. The summed E-state index contributed by atoms with van der Waals surface area (Å²) in [5, 5.41) is 11.8. The zero-order valence-corrected chi connectivity index (χ0v) is 9.75. The minimum absolute atomic E-state index is 0.113. The molecule has 0 saturated heterocycles. The lowest BCUT2D eigenvalue weighted by Crippen LogP contribution is -2.32. The number of hydrogen-bond donors (Lipinski definition) is 2. The van der Waals surface area contributed by atoms with E-state index in [0.29, 0.717) is 0 Å². The van der Waals surface area contributed by atoms with Gasteiger partial charge in [-0.25, -0.2) is 0 Å². The molecule has 0 radical (unpaired) electrons. The van der Waals surface area contributed by atoms with Crippen molar-refractivity contribution in [3.05, 3.63) is 35.4 Å². The summed E-state index contributed by atoms with van der Waals surface area (Å²) in [5.74, 6) is 0. The van der Waals surface area contributed by atoms with Crippen molar-refractivity contribution in [2.45, 2.75) is 32.1 Å². The van der Waals surface area contributed by atoms with Gasteiger partial charge in [-0.3, -0.25) is 0 Å². The fraction of sp³-hybridized carbons (Fsp3) is 0.500. The molecule has 1 aromatic carbocycles. The fourth-order valence-corrected chi connectivity index (χ4v) is 1.70. The normalized spacial score (nSPS) is 15.6. The number of nitrogens with one attached hydrogen (secondary N) is 1. The Hall–Kier alpha value is -1.07. The summed E-state index contributed by atoms with van der Waals surface area (Å²) in [5.41, 5.74) is -0.439. The molecule has 0 amide bonds. The van der Waals surface area contributed by atoms with Gasteiger partial charge in [0.2, 0.25) is 0 Å². The zero-order valence-electron chi connectivity index (χ0n) is 9.75. The first-order valence-corrected chi connectivity index (χ1v) is 5.39. The number of halogens is 3. The van der Waals surface area contributed by atoms with Crippen molar-refractivity contribution in [1.29, 1.82) is 0 Å². The van der Waals surface area contributed by atoms with Crippen molar-refractivity contribution in [3.8, 4) is 0 Å². The second-order valence-electron chi connectivity index (χ2n) is 4.06. The Labute approximate surface area is 98.5 Å². The molecule has 0 aliphatic heterocycles. The van der Waals surface area contributed by atoms with Crippen LogP contribution in [0.4, 0.5) is 13.2 Å². The van der Waals surface area contributed by atoms with Gasteiger partial charge in [0.25, 0.3) is 0 Å². The number of alkyl halides is 3. The lowest BCUT2D eigenvalue weighted by Gasteiger charge is -2.22. The molecule has 2 N–H and O–H groups in total. The molecule has 0 heterocycles. The van der Waals surface area contributed by atoms with E-state index in [1.54, 1.807) is 19.9 Å². The highest BCUT2D eigenvalue weighted by Gasteiger charge is 2.34. The molecule has 17 heavy (non-hydrogen) atoms. The molecule has 1 rings (SSSR count). The minimum atomic E-state index is -4.35. The topological polar surface area (TPSA) is 32.3 Å². The van der Waals surface area contributed by atoms with Gasteiger partial charge in [-0.1, -0.05) is 18.2 Å².